The van der Waals surface area contributed by atoms with Crippen LogP contribution in [0.5, 0.6) is 0 Å². The number of oxazole rings is 1. The van der Waals surface area contributed by atoms with Gasteiger partial charge in [-0.2, -0.15) is 0 Å². The topological polar surface area (TPSA) is 86.2 Å². The molecular weight excluding hydrogens is 239 g/mol. The van der Waals surface area contributed by atoms with Crippen LogP contribution in [0.2, 0.25) is 0 Å². The van der Waals surface area contributed by atoms with E-state index >= 15 is 0 Å². The number of benzene rings is 1. The van der Waals surface area contributed by atoms with Crippen LogP contribution in [0.15, 0.2) is 28.7 Å². The number of primary amides is 1. The fourth-order valence-corrected chi connectivity index (χ4v) is 1.70. The fraction of sp³-hybridized carbons (Fsp3) is 0. The molecule has 2 N–H and O–H groups in total. The molecule has 5 nitrogen and oxygen atoms in total. The predicted molar refractivity (Wildman–Crippen MR) is 65.2 cm³/mol. The van der Waals surface area contributed by atoms with Crippen LogP contribution in [0, 0.1) is 0 Å². The summed E-state index contributed by atoms with van der Waals surface area (Å²) in [4.78, 5) is 25.7. The van der Waals surface area contributed by atoms with Gasteiger partial charge in [0.05, 0.1) is 0 Å². The van der Waals surface area contributed by atoms with Gasteiger partial charge in [-0.15, -0.1) is 0 Å². The minimum absolute atomic E-state index is 0.0537. The molecule has 86 valence electrons. The van der Waals surface area contributed by atoms with E-state index in [1.165, 1.54) is 0 Å². The molecule has 0 saturated heterocycles. The zero-order chi connectivity index (χ0) is 12.4. The van der Waals surface area contributed by atoms with Gasteiger partial charge in [-0.25, -0.2) is 4.98 Å². The Hall–Kier alpha value is -2.00. The molecular formula is C11H9N2O3P. The van der Waals surface area contributed by atoms with E-state index in [-0.39, 0.29) is 17.1 Å². The Bertz CT molecular complexity index is 592. The van der Waals surface area contributed by atoms with Crippen molar-refractivity contribution in [2.45, 2.75) is 0 Å². The molecule has 2 rings (SSSR count). The van der Waals surface area contributed by atoms with E-state index in [1.807, 2.05) is 0 Å². The highest BCUT2D eigenvalue weighted by atomic mass is 31.0. The first kappa shape index (κ1) is 11.5. The zero-order valence-corrected chi connectivity index (χ0v) is 9.87. The molecule has 1 atom stereocenters. The highest BCUT2D eigenvalue weighted by Gasteiger charge is 2.17. The third-order valence-corrected chi connectivity index (χ3v) is 2.41. The first-order chi connectivity index (χ1) is 8.11. The lowest BCUT2D eigenvalue weighted by Crippen LogP contribution is -2.13. The predicted octanol–water partition coefficient (Wildman–Crippen LogP) is 0.753. The molecule has 1 aromatic carbocycles. The molecule has 0 aliphatic carbocycles. The van der Waals surface area contributed by atoms with Crippen LogP contribution >= 0.6 is 9.24 Å². The number of amides is 1. The van der Waals surface area contributed by atoms with E-state index in [4.69, 9.17) is 10.2 Å². The lowest BCUT2D eigenvalue weighted by molar-refractivity contribution is 0.0996. The van der Waals surface area contributed by atoms with E-state index in [0.717, 1.165) is 0 Å². The lowest BCUT2D eigenvalue weighted by Gasteiger charge is -1.99. The molecule has 1 heterocycles. The quantitative estimate of drug-likeness (QED) is 0.641. The summed E-state index contributed by atoms with van der Waals surface area (Å²) in [6, 6.07) is 6.65. The van der Waals surface area contributed by atoms with Crippen LogP contribution in [0.4, 0.5) is 0 Å². The van der Waals surface area contributed by atoms with E-state index in [9.17, 15) is 9.59 Å². The maximum Gasteiger partial charge on any atom is 0.271 e. The van der Waals surface area contributed by atoms with Crippen LogP contribution < -0.4 is 11.4 Å². The SMILES string of the molecule is NC(=O)c1nc(P)oc1-c1cccc(C=O)c1. The van der Waals surface area contributed by atoms with Crippen LogP contribution in [-0.2, 0) is 0 Å². The minimum Gasteiger partial charge on any atom is -0.436 e. The molecule has 0 bridgehead atoms. The Balaban J connectivity index is 2.59. The normalized spacial score (nSPS) is 10.2. The van der Waals surface area contributed by atoms with Crippen molar-refractivity contribution in [1.29, 1.82) is 0 Å². The van der Waals surface area contributed by atoms with Crippen LogP contribution in [0.3, 0.4) is 0 Å². The van der Waals surface area contributed by atoms with Crippen molar-refractivity contribution >= 4 is 27.1 Å². The van der Waals surface area contributed by atoms with Crippen molar-refractivity contribution < 1.29 is 14.0 Å². The molecule has 0 aliphatic rings. The van der Waals surface area contributed by atoms with Gasteiger partial charge in [-0.3, -0.25) is 9.59 Å². The highest BCUT2D eigenvalue weighted by Crippen LogP contribution is 2.23. The molecule has 1 aromatic heterocycles. The van der Waals surface area contributed by atoms with Gasteiger partial charge in [0, 0.05) is 11.1 Å². The minimum atomic E-state index is -0.672. The summed E-state index contributed by atoms with van der Waals surface area (Å²) >= 11 is 0. The first-order valence-corrected chi connectivity index (χ1v) is 5.31. The number of rotatable bonds is 3. The number of hydrogen-bond acceptors (Lipinski definition) is 4. The molecule has 0 saturated carbocycles. The smallest absolute Gasteiger partial charge is 0.271 e. The Kier molecular flexibility index (Phi) is 3.02. The van der Waals surface area contributed by atoms with Gasteiger partial charge in [0.15, 0.2) is 11.5 Å². The molecule has 0 spiro atoms. The summed E-state index contributed by atoms with van der Waals surface area (Å²) < 4.78 is 5.30. The number of aromatic nitrogens is 1. The summed E-state index contributed by atoms with van der Waals surface area (Å²) in [6.45, 7) is 0. The Labute approximate surface area is 99.2 Å². The number of carbonyl (C=O) groups excluding carboxylic acids is 2. The number of nitrogens with two attached hydrogens (primary N) is 1. The van der Waals surface area contributed by atoms with Crippen molar-refractivity contribution in [3.8, 4) is 11.3 Å². The number of carbonyl (C=O) groups is 2. The van der Waals surface area contributed by atoms with Gasteiger partial charge in [0.1, 0.15) is 6.29 Å². The summed E-state index contributed by atoms with van der Waals surface area (Å²) in [5, 5.41) is 0. The van der Waals surface area contributed by atoms with Crippen molar-refractivity contribution in [3.63, 3.8) is 0 Å². The molecule has 17 heavy (non-hydrogen) atoms. The summed E-state index contributed by atoms with van der Waals surface area (Å²) in [5.41, 5.74) is 6.59. The van der Waals surface area contributed by atoms with Gasteiger partial charge in [0.2, 0.25) is 5.63 Å². The second-order valence-corrected chi connectivity index (χ2v) is 3.83. The Morgan fingerprint density at radius 2 is 2.24 bits per heavy atom. The van der Waals surface area contributed by atoms with Gasteiger partial charge in [-0.1, -0.05) is 18.2 Å². The van der Waals surface area contributed by atoms with Gasteiger partial charge in [-0.05, 0) is 15.3 Å². The van der Waals surface area contributed by atoms with Crippen molar-refractivity contribution in [3.05, 3.63) is 35.5 Å². The highest BCUT2D eigenvalue weighted by molar-refractivity contribution is 7.26. The molecule has 1 amide bonds. The second kappa shape index (κ2) is 4.47. The third kappa shape index (κ3) is 2.24. The first-order valence-electron chi connectivity index (χ1n) is 4.73. The standard InChI is InChI=1S/C11H9N2O3P/c12-10(15)8-9(16-11(17)13-8)7-3-1-2-6(4-7)5-14/h1-5H,17H2,(H2,12,15). The van der Waals surface area contributed by atoms with Crippen LogP contribution in [-0.4, -0.2) is 17.2 Å². The summed E-state index contributed by atoms with van der Waals surface area (Å²) in [5.74, 6) is -0.403. The number of hydrogen-bond donors (Lipinski definition) is 1. The molecule has 2 aromatic rings. The van der Waals surface area contributed by atoms with Crippen molar-refractivity contribution in [1.82, 2.24) is 4.98 Å². The zero-order valence-electron chi connectivity index (χ0n) is 8.71. The van der Waals surface area contributed by atoms with E-state index in [2.05, 4.69) is 14.2 Å². The third-order valence-electron chi connectivity index (χ3n) is 2.16. The molecule has 0 fully saturated rings. The van der Waals surface area contributed by atoms with Crippen molar-refractivity contribution in [2.75, 3.05) is 0 Å². The Morgan fingerprint density at radius 1 is 1.47 bits per heavy atom. The van der Waals surface area contributed by atoms with Gasteiger partial charge >= 0.3 is 0 Å². The average Bonchev–Trinajstić information content (AvgIpc) is 2.72. The van der Waals surface area contributed by atoms with E-state index in [0.29, 0.717) is 17.4 Å². The van der Waals surface area contributed by atoms with Crippen LogP contribution in [0.25, 0.3) is 11.3 Å². The Morgan fingerprint density at radius 3 is 2.88 bits per heavy atom. The molecule has 1 unspecified atom stereocenters. The maximum atomic E-state index is 11.2. The molecule has 0 aliphatic heterocycles. The summed E-state index contributed by atoms with van der Waals surface area (Å²) in [6.07, 6.45) is 0.714. The largest absolute Gasteiger partial charge is 0.436 e. The summed E-state index contributed by atoms with van der Waals surface area (Å²) in [7, 11) is 2.25. The number of aldehydes is 1. The van der Waals surface area contributed by atoms with E-state index in [1.54, 1.807) is 24.3 Å². The van der Waals surface area contributed by atoms with Crippen LogP contribution in [0.1, 0.15) is 20.8 Å². The fourth-order valence-electron chi connectivity index (χ4n) is 1.45. The lowest BCUT2D eigenvalue weighted by atomic mass is 10.1. The molecule has 0 radical (unpaired) electrons. The maximum absolute atomic E-state index is 11.2. The van der Waals surface area contributed by atoms with E-state index < -0.39 is 5.91 Å². The van der Waals surface area contributed by atoms with Gasteiger partial charge in [0.25, 0.3) is 5.91 Å². The van der Waals surface area contributed by atoms with Gasteiger partial charge < -0.3 is 10.2 Å². The monoisotopic (exact) mass is 248 g/mol. The second-order valence-electron chi connectivity index (χ2n) is 3.34. The average molecular weight is 248 g/mol. The number of nitrogens with zero attached hydrogens (tertiary/aromatic N) is 1. The molecule has 6 heteroatoms. The van der Waals surface area contributed by atoms with Crippen molar-refractivity contribution in [2.24, 2.45) is 5.73 Å².